The molecule has 0 aliphatic carbocycles. The Morgan fingerprint density at radius 1 is 1.00 bits per heavy atom. The highest BCUT2D eigenvalue weighted by Gasteiger charge is 2.24. The van der Waals surface area contributed by atoms with Gasteiger partial charge in [-0.25, -0.2) is 17.2 Å². The Kier molecular flexibility index (Phi) is 10.9. The minimum Gasteiger partial charge on any atom is -0.497 e. The molecule has 0 saturated heterocycles. The van der Waals surface area contributed by atoms with E-state index in [1.807, 2.05) is 18.2 Å². The number of sulfone groups is 1. The van der Waals surface area contributed by atoms with Crippen molar-refractivity contribution in [1.82, 2.24) is 10.6 Å². The molecule has 0 unspecified atom stereocenters. The van der Waals surface area contributed by atoms with Gasteiger partial charge in [-0.15, -0.1) is 0 Å². The van der Waals surface area contributed by atoms with Gasteiger partial charge < -0.3 is 25.3 Å². The number of aliphatic hydroxyl groups is 1. The van der Waals surface area contributed by atoms with Crippen molar-refractivity contribution >= 4 is 21.5 Å². The number of methoxy groups -OCH3 is 1. The lowest BCUT2D eigenvalue weighted by molar-refractivity contribution is 0.0829. The first-order valence-electron chi connectivity index (χ1n) is 12.6. The quantitative estimate of drug-likeness (QED) is 0.206. The highest BCUT2D eigenvalue weighted by molar-refractivity contribution is 7.90. The Balaban J connectivity index is 1.87. The first-order chi connectivity index (χ1) is 19.4. The monoisotopic (exact) mass is 589 g/mol. The van der Waals surface area contributed by atoms with Crippen LogP contribution in [-0.2, 0) is 27.6 Å². The number of nitrogens with zero attached hydrogens (tertiary/aromatic N) is 1. The van der Waals surface area contributed by atoms with Crippen molar-refractivity contribution in [2.75, 3.05) is 27.0 Å². The second kappa shape index (κ2) is 14.2. The van der Waals surface area contributed by atoms with E-state index in [4.69, 9.17) is 9.57 Å². The van der Waals surface area contributed by atoms with E-state index < -0.39 is 39.5 Å². The van der Waals surface area contributed by atoms with E-state index in [-0.39, 0.29) is 29.0 Å². The number of carbonyl (C=O) groups is 1. The summed E-state index contributed by atoms with van der Waals surface area (Å²) >= 11 is 0. The first-order valence-corrected chi connectivity index (χ1v) is 14.5. The topological polar surface area (TPSA) is 126 Å². The molecular weight excluding hydrogens is 556 g/mol. The summed E-state index contributed by atoms with van der Waals surface area (Å²) in [5.74, 6) is -1.62. The zero-order valence-electron chi connectivity index (χ0n) is 23.1. The predicted molar refractivity (Wildman–Crippen MR) is 151 cm³/mol. The molecule has 3 rings (SSSR count). The van der Waals surface area contributed by atoms with Gasteiger partial charge in [0.2, 0.25) is 0 Å². The highest BCUT2D eigenvalue weighted by atomic mass is 32.2. The number of hydrogen-bond acceptors (Lipinski definition) is 8. The number of oxime groups is 1. The zero-order chi connectivity index (χ0) is 30.2. The van der Waals surface area contributed by atoms with E-state index in [0.29, 0.717) is 23.6 Å². The normalized spacial score (nSPS) is 13.4. The molecule has 1 amide bonds. The van der Waals surface area contributed by atoms with E-state index in [2.05, 4.69) is 15.8 Å². The Hall–Kier alpha value is -3.87. The summed E-state index contributed by atoms with van der Waals surface area (Å²) in [6.07, 6.45) is -0.286. The molecule has 0 fully saturated rings. The molecule has 3 aromatic rings. The minimum absolute atomic E-state index is 0.0134. The van der Waals surface area contributed by atoms with Crippen LogP contribution in [0.25, 0.3) is 0 Å². The number of hydrogen-bond donors (Lipinski definition) is 3. The van der Waals surface area contributed by atoms with Crippen molar-refractivity contribution in [1.29, 1.82) is 0 Å². The van der Waals surface area contributed by atoms with Crippen LogP contribution in [0.1, 0.15) is 34.0 Å². The molecule has 3 aromatic carbocycles. The molecule has 0 aliphatic rings. The summed E-state index contributed by atoms with van der Waals surface area (Å²) in [5, 5.41) is 20.7. The summed E-state index contributed by atoms with van der Waals surface area (Å²) in [6, 6.07) is 13.3. The van der Waals surface area contributed by atoms with Crippen LogP contribution in [-0.4, -0.2) is 64.3 Å². The van der Waals surface area contributed by atoms with Crippen LogP contribution in [0.4, 0.5) is 8.78 Å². The van der Waals surface area contributed by atoms with E-state index >= 15 is 0 Å². The second-order valence-corrected chi connectivity index (χ2v) is 11.5. The van der Waals surface area contributed by atoms with Crippen molar-refractivity contribution in [3.63, 3.8) is 0 Å². The summed E-state index contributed by atoms with van der Waals surface area (Å²) in [6.45, 7) is 1.99. The van der Waals surface area contributed by atoms with Crippen LogP contribution >= 0.6 is 0 Å². The van der Waals surface area contributed by atoms with Gasteiger partial charge in [0.05, 0.1) is 29.9 Å². The van der Waals surface area contributed by atoms with Gasteiger partial charge in [0.25, 0.3) is 5.91 Å². The van der Waals surface area contributed by atoms with Gasteiger partial charge in [0.15, 0.2) is 9.84 Å². The molecule has 0 spiro atoms. The van der Waals surface area contributed by atoms with Crippen LogP contribution in [0.3, 0.4) is 0 Å². The zero-order valence-corrected chi connectivity index (χ0v) is 24.0. The molecule has 0 aliphatic heterocycles. The first kappa shape index (κ1) is 31.7. The largest absolute Gasteiger partial charge is 0.497 e. The third-order valence-corrected chi connectivity index (χ3v) is 7.31. The van der Waals surface area contributed by atoms with Crippen LogP contribution in [0, 0.1) is 11.6 Å². The van der Waals surface area contributed by atoms with Gasteiger partial charge in [-0.3, -0.25) is 4.79 Å². The number of amides is 1. The Bertz CT molecular complexity index is 1490. The predicted octanol–water partition coefficient (Wildman–Crippen LogP) is 3.24. The molecule has 0 radical (unpaired) electrons. The van der Waals surface area contributed by atoms with Gasteiger partial charge in [-0.2, -0.15) is 0 Å². The third-order valence-electron chi connectivity index (χ3n) is 6.22. The van der Waals surface area contributed by atoms with Gasteiger partial charge >= 0.3 is 0 Å². The smallest absolute Gasteiger partial charge is 0.251 e. The molecule has 9 nitrogen and oxygen atoms in total. The minimum atomic E-state index is -3.70. The lowest BCUT2D eigenvalue weighted by Gasteiger charge is -2.25. The van der Waals surface area contributed by atoms with Gasteiger partial charge in [-0.05, 0) is 66.9 Å². The average Bonchev–Trinajstić information content (AvgIpc) is 2.91. The van der Waals surface area contributed by atoms with Gasteiger partial charge in [0, 0.05) is 36.5 Å². The lowest BCUT2D eigenvalue weighted by Crippen LogP contribution is -2.48. The van der Waals surface area contributed by atoms with Crippen molar-refractivity contribution in [3.05, 3.63) is 94.6 Å². The number of aliphatic hydroxyl groups excluding tert-OH is 1. The van der Waals surface area contributed by atoms with Crippen molar-refractivity contribution < 1.29 is 36.7 Å². The van der Waals surface area contributed by atoms with E-state index in [0.717, 1.165) is 30.0 Å². The molecule has 0 aromatic heterocycles. The SMILES string of the molecule is CO/N=C(\C)c1cc(C(=O)N[C@@H](Cc2cc(F)cc(F)c2)[C@H](O)CNCc2cccc(OC)c2)cc(S(C)(=O)=O)c1. The fourth-order valence-electron chi connectivity index (χ4n) is 4.15. The number of carbonyl (C=O) groups excluding carboxylic acids is 1. The maximum absolute atomic E-state index is 13.9. The number of rotatable bonds is 13. The highest BCUT2D eigenvalue weighted by Crippen LogP contribution is 2.18. The molecule has 3 N–H and O–H groups in total. The molecule has 0 saturated carbocycles. The fraction of sp³-hybridized carbons (Fsp3) is 0.310. The van der Waals surface area contributed by atoms with Gasteiger partial charge in [-0.1, -0.05) is 17.3 Å². The average molecular weight is 590 g/mol. The van der Waals surface area contributed by atoms with Crippen LogP contribution < -0.4 is 15.4 Å². The maximum atomic E-state index is 13.9. The lowest BCUT2D eigenvalue weighted by atomic mass is 9.99. The van der Waals surface area contributed by atoms with E-state index in [1.54, 1.807) is 20.1 Å². The van der Waals surface area contributed by atoms with Crippen molar-refractivity contribution in [3.8, 4) is 5.75 Å². The standard InChI is InChI=1S/C29H33F2N3O6S/c1-18(34-40-3)21-12-22(14-26(13-21)41(4,37)38)29(36)33-27(11-20-8-23(30)15-24(31)9-20)28(35)17-32-16-19-6-5-7-25(10-19)39-2/h5-10,12-15,27-28,32,35H,11,16-17H2,1-4H3,(H,33,36)/b34-18+/t27-,28+/m0/s1. The Labute approximate surface area is 238 Å². The summed E-state index contributed by atoms with van der Waals surface area (Å²) in [5.41, 5.74) is 1.76. The molecule has 0 heterocycles. The third kappa shape index (κ3) is 9.34. The Morgan fingerprint density at radius 3 is 2.32 bits per heavy atom. The van der Waals surface area contributed by atoms with Crippen LogP contribution in [0.15, 0.2) is 70.7 Å². The second-order valence-electron chi connectivity index (χ2n) is 9.49. The summed E-state index contributed by atoms with van der Waals surface area (Å²) < 4.78 is 57.7. The van der Waals surface area contributed by atoms with E-state index in [1.165, 1.54) is 25.3 Å². The van der Waals surface area contributed by atoms with E-state index in [9.17, 15) is 27.1 Å². The fourth-order valence-corrected chi connectivity index (χ4v) is 4.83. The molecule has 220 valence electrons. The van der Waals surface area contributed by atoms with Crippen LogP contribution in [0.5, 0.6) is 5.75 Å². The molecule has 0 bridgehead atoms. The van der Waals surface area contributed by atoms with Crippen LogP contribution in [0.2, 0.25) is 0 Å². The van der Waals surface area contributed by atoms with Gasteiger partial charge in [0.1, 0.15) is 24.5 Å². The maximum Gasteiger partial charge on any atom is 0.251 e. The number of nitrogens with one attached hydrogen (secondary N) is 2. The molecule has 41 heavy (non-hydrogen) atoms. The summed E-state index contributed by atoms with van der Waals surface area (Å²) in [4.78, 5) is 18.1. The molecular formula is C29H33F2N3O6S. The number of ether oxygens (including phenoxy) is 1. The molecule has 12 heteroatoms. The van der Waals surface area contributed by atoms with Crippen molar-refractivity contribution in [2.24, 2.45) is 5.16 Å². The number of halogens is 2. The molecule has 2 atom stereocenters. The summed E-state index contributed by atoms with van der Waals surface area (Å²) in [7, 11) is -0.815. The Morgan fingerprint density at radius 2 is 1.68 bits per heavy atom. The van der Waals surface area contributed by atoms with Crippen molar-refractivity contribution in [2.45, 2.75) is 36.9 Å². The number of benzene rings is 3.